The second-order valence-corrected chi connectivity index (χ2v) is 8.65. The van der Waals surface area contributed by atoms with Crippen LogP contribution in [0, 0.1) is 0 Å². The van der Waals surface area contributed by atoms with Gasteiger partial charge in [0.2, 0.25) is 0 Å². The lowest BCUT2D eigenvalue weighted by molar-refractivity contribution is -0.274. The standard InChI is InChI=1S/C25H22F3N3O3/c1-24(2,3)30-23(32)33-20-11-12-21-22(14-20)31(15-29-21)18-6-4-5-17(13-18)16-7-9-19(10-8-16)34-25(26,27)28/h4-15H,1-3H3,(H,30,32). The summed E-state index contributed by atoms with van der Waals surface area (Å²) < 4.78 is 48.4. The molecule has 1 amide bonds. The maximum Gasteiger partial charge on any atom is 0.573 e. The smallest absolute Gasteiger partial charge is 0.410 e. The van der Waals surface area contributed by atoms with E-state index in [4.69, 9.17) is 4.74 Å². The van der Waals surface area contributed by atoms with Crippen LogP contribution in [0.4, 0.5) is 18.0 Å². The van der Waals surface area contributed by atoms with Crippen molar-refractivity contribution in [3.63, 3.8) is 0 Å². The lowest BCUT2D eigenvalue weighted by Crippen LogP contribution is -2.42. The lowest BCUT2D eigenvalue weighted by Gasteiger charge is -2.19. The molecule has 34 heavy (non-hydrogen) atoms. The van der Waals surface area contributed by atoms with Crippen molar-refractivity contribution < 1.29 is 27.4 Å². The minimum Gasteiger partial charge on any atom is -0.410 e. The third-order valence-electron chi connectivity index (χ3n) is 4.75. The van der Waals surface area contributed by atoms with Crippen LogP contribution in [0.3, 0.4) is 0 Å². The van der Waals surface area contributed by atoms with E-state index in [0.717, 1.165) is 22.3 Å². The zero-order valence-electron chi connectivity index (χ0n) is 18.7. The van der Waals surface area contributed by atoms with Gasteiger partial charge in [-0.25, -0.2) is 9.78 Å². The Morgan fingerprint density at radius 1 is 0.912 bits per heavy atom. The van der Waals surface area contributed by atoms with Crippen LogP contribution in [-0.4, -0.2) is 27.5 Å². The number of hydrogen-bond donors (Lipinski definition) is 1. The van der Waals surface area contributed by atoms with Crippen molar-refractivity contribution >= 4 is 17.1 Å². The molecule has 9 heteroatoms. The topological polar surface area (TPSA) is 65.4 Å². The number of fused-ring (bicyclic) bond motifs is 1. The Morgan fingerprint density at radius 3 is 2.29 bits per heavy atom. The number of carbonyl (C=O) groups is 1. The number of aromatic nitrogens is 2. The summed E-state index contributed by atoms with van der Waals surface area (Å²) in [7, 11) is 0. The van der Waals surface area contributed by atoms with E-state index in [-0.39, 0.29) is 5.75 Å². The SMILES string of the molecule is CC(C)(C)NC(=O)Oc1ccc2ncn(-c3cccc(-c4ccc(OC(F)(F)F)cc4)c3)c2c1. The largest absolute Gasteiger partial charge is 0.573 e. The number of hydrogen-bond acceptors (Lipinski definition) is 4. The summed E-state index contributed by atoms with van der Waals surface area (Å²) in [5, 5.41) is 2.74. The van der Waals surface area contributed by atoms with Gasteiger partial charge in [-0.2, -0.15) is 0 Å². The van der Waals surface area contributed by atoms with Crippen LogP contribution in [0.2, 0.25) is 0 Å². The Bertz CT molecular complexity index is 1320. The summed E-state index contributed by atoms with van der Waals surface area (Å²) in [4.78, 5) is 16.5. The van der Waals surface area contributed by atoms with Crippen molar-refractivity contribution in [3.05, 3.63) is 73.1 Å². The molecular formula is C25H22F3N3O3. The summed E-state index contributed by atoms with van der Waals surface area (Å²) in [6.07, 6.45) is -3.64. The van der Waals surface area contributed by atoms with Gasteiger partial charge in [0, 0.05) is 17.3 Å². The monoisotopic (exact) mass is 469 g/mol. The van der Waals surface area contributed by atoms with Crippen LogP contribution in [0.15, 0.2) is 73.1 Å². The van der Waals surface area contributed by atoms with Gasteiger partial charge < -0.3 is 14.8 Å². The molecule has 1 aromatic heterocycles. The normalized spacial score (nSPS) is 11.9. The van der Waals surface area contributed by atoms with Gasteiger partial charge in [-0.1, -0.05) is 24.3 Å². The van der Waals surface area contributed by atoms with Crippen molar-refractivity contribution in [2.75, 3.05) is 0 Å². The molecule has 0 fully saturated rings. The molecule has 0 atom stereocenters. The van der Waals surface area contributed by atoms with Gasteiger partial charge in [-0.3, -0.25) is 4.57 Å². The fourth-order valence-corrected chi connectivity index (χ4v) is 3.38. The van der Waals surface area contributed by atoms with Gasteiger partial charge in [0.15, 0.2) is 0 Å². The highest BCUT2D eigenvalue weighted by atomic mass is 19.4. The van der Waals surface area contributed by atoms with Crippen LogP contribution < -0.4 is 14.8 Å². The van der Waals surface area contributed by atoms with E-state index < -0.39 is 18.0 Å². The van der Waals surface area contributed by atoms with E-state index in [1.807, 2.05) is 49.6 Å². The molecule has 3 aromatic carbocycles. The van der Waals surface area contributed by atoms with Crippen LogP contribution in [0.1, 0.15) is 20.8 Å². The Morgan fingerprint density at radius 2 is 1.62 bits per heavy atom. The fraction of sp³-hybridized carbons (Fsp3) is 0.200. The molecule has 4 rings (SSSR count). The summed E-state index contributed by atoms with van der Waals surface area (Å²) in [6, 6.07) is 18.3. The fourth-order valence-electron chi connectivity index (χ4n) is 3.38. The van der Waals surface area contributed by atoms with E-state index in [1.165, 1.54) is 12.1 Å². The molecule has 176 valence electrons. The number of halogens is 3. The van der Waals surface area contributed by atoms with E-state index in [9.17, 15) is 18.0 Å². The molecule has 6 nitrogen and oxygen atoms in total. The zero-order valence-corrected chi connectivity index (χ0v) is 18.7. The van der Waals surface area contributed by atoms with Gasteiger partial charge >= 0.3 is 12.5 Å². The van der Waals surface area contributed by atoms with Crippen LogP contribution in [0.25, 0.3) is 27.8 Å². The maximum atomic E-state index is 12.4. The van der Waals surface area contributed by atoms with E-state index in [0.29, 0.717) is 11.3 Å². The molecule has 0 bridgehead atoms. The van der Waals surface area contributed by atoms with E-state index >= 15 is 0 Å². The highest BCUT2D eigenvalue weighted by molar-refractivity contribution is 5.81. The summed E-state index contributed by atoms with van der Waals surface area (Å²) in [5.74, 6) is 0.0865. The second-order valence-electron chi connectivity index (χ2n) is 8.65. The third-order valence-corrected chi connectivity index (χ3v) is 4.75. The van der Waals surface area contributed by atoms with E-state index in [2.05, 4.69) is 15.0 Å². The first-order valence-corrected chi connectivity index (χ1v) is 10.4. The van der Waals surface area contributed by atoms with Crippen LogP contribution in [0.5, 0.6) is 11.5 Å². The number of amides is 1. The number of ether oxygens (including phenoxy) is 2. The molecule has 0 aliphatic heterocycles. The van der Waals surface area contributed by atoms with Crippen LogP contribution in [-0.2, 0) is 0 Å². The molecule has 0 unspecified atom stereocenters. The third kappa shape index (κ3) is 5.67. The molecule has 0 aliphatic carbocycles. The average molecular weight is 469 g/mol. The number of nitrogens with zero attached hydrogens (tertiary/aromatic N) is 2. The highest BCUT2D eigenvalue weighted by Crippen LogP contribution is 2.29. The van der Waals surface area contributed by atoms with Gasteiger partial charge in [0.25, 0.3) is 0 Å². The first-order valence-electron chi connectivity index (χ1n) is 10.4. The molecule has 4 aromatic rings. The van der Waals surface area contributed by atoms with Gasteiger partial charge in [-0.15, -0.1) is 13.2 Å². The molecule has 0 radical (unpaired) electrons. The zero-order chi connectivity index (χ0) is 24.5. The van der Waals surface area contributed by atoms with E-state index in [1.54, 1.807) is 36.7 Å². The van der Waals surface area contributed by atoms with Gasteiger partial charge in [-0.05, 0) is 68.3 Å². The van der Waals surface area contributed by atoms with Crippen molar-refractivity contribution in [2.24, 2.45) is 0 Å². The molecule has 0 spiro atoms. The Hall–Kier alpha value is -4.01. The first-order chi connectivity index (χ1) is 16.0. The van der Waals surface area contributed by atoms with Crippen molar-refractivity contribution in [2.45, 2.75) is 32.7 Å². The number of rotatable bonds is 4. The highest BCUT2D eigenvalue weighted by Gasteiger charge is 2.31. The minimum absolute atomic E-state index is 0.281. The van der Waals surface area contributed by atoms with Crippen LogP contribution >= 0.6 is 0 Å². The average Bonchev–Trinajstić information content (AvgIpc) is 3.15. The predicted octanol–water partition coefficient (Wildman–Crippen LogP) is 6.48. The number of carbonyl (C=O) groups excluding carboxylic acids is 1. The summed E-state index contributed by atoms with van der Waals surface area (Å²) in [6.45, 7) is 5.57. The quantitative estimate of drug-likeness (QED) is 0.372. The van der Waals surface area contributed by atoms with Crippen molar-refractivity contribution in [3.8, 4) is 28.3 Å². The van der Waals surface area contributed by atoms with Crippen molar-refractivity contribution in [1.29, 1.82) is 0 Å². The van der Waals surface area contributed by atoms with Gasteiger partial charge in [0.1, 0.15) is 17.8 Å². The first kappa shape index (κ1) is 23.2. The number of alkyl halides is 3. The molecule has 1 N–H and O–H groups in total. The number of imidazole rings is 1. The Balaban J connectivity index is 1.61. The second kappa shape index (κ2) is 8.74. The maximum absolute atomic E-state index is 12.4. The summed E-state index contributed by atoms with van der Waals surface area (Å²) in [5.41, 5.74) is 3.32. The Labute approximate surface area is 193 Å². The van der Waals surface area contributed by atoms with Crippen molar-refractivity contribution in [1.82, 2.24) is 14.9 Å². The summed E-state index contributed by atoms with van der Waals surface area (Å²) >= 11 is 0. The number of benzene rings is 3. The molecule has 0 saturated heterocycles. The Kier molecular flexibility index (Phi) is 5.95. The van der Waals surface area contributed by atoms with Gasteiger partial charge in [0.05, 0.1) is 11.0 Å². The molecule has 1 heterocycles. The molecule has 0 aliphatic rings. The lowest BCUT2D eigenvalue weighted by atomic mass is 10.0. The predicted molar refractivity (Wildman–Crippen MR) is 122 cm³/mol. The molecular weight excluding hydrogens is 447 g/mol. The molecule has 0 saturated carbocycles. The minimum atomic E-state index is -4.74. The number of nitrogens with one attached hydrogen (secondary N) is 1.